The summed E-state index contributed by atoms with van der Waals surface area (Å²) >= 11 is 12.9. The standard InChI is InChI=1S/C30H44O6S4/c1-2-3-4-10-15-24(17-13-14-19-28(32)34-21-26-23-40-30(38)36-26)16-11-8-6-5-7-9-12-18-27(31)33-20-25-22-39-29(37)35-25/h5-6,12,14,18-19,24-26H,2-4,7-11,13,15-17,20-23H2,1H3/b6-5+,18-12+,19-14+. The number of rotatable bonds is 21. The zero-order chi connectivity index (χ0) is 28.8. The van der Waals surface area contributed by atoms with E-state index in [0.29, 0.717) is 14.7 Å². The van der Waals surface area contributed by atoms with Crippen LogP contribution in [0.1, 0.15) is 84.0 Å². The molecule has 2 aliphatic heterocycles. The zero-order valence-corrected chi connectivity index (χ0v) is 26.9. The maximum Gasteiger partial charge on any atom is 0.330 e. The maximum atomic E-state index is 12.0. The molecule has 0 radical (unpaired) electrons. The Kier molecular flexibility index (Phi) is 19.4. The van der Waals surface area contributed by atoms with Crippen LogP contribution >= 0.6 is 48.0 Å². The molecule has 10 heteroatoms. The first kappa shape index (κ1) is 34.8. The van der Waals surface area contributed by atoms with Crippen molar-refractivity contribution in [3.8, 4) is 0 Å². The first-order valence-electron chi connectivity index (χ1n) is 14.4. The van der Waals surface area contributed by atoms with Crippen molar-refractivity contribution in [3.63, 3.8) is 0 Å². The number of carbonyl (C=O) groups excluding carboxylic acids is 2. The second-order valence-electron chi connectivity index (χ2n) is 9.94. The van der Waals surface area contributed by atoms with Gasteiger partial charge in [0.25, 0.3) is 0 Å². The topological polar surface area (TPSA) is 71.1 Å². The van der Waals surface area contributed by atoms with E-state index in [9.17, 15) is 9.59 Å². The molecule has 2 heterocycles. The van der Waals surface area contributed by atoms with Crippen molar-refractivity contribution in [1.82, 2.24) is 0 Å². The van der Waals surface area contributed by atoms with Gasteiger partial charge in [0.05, 0.1) is 0 Å². The quantitative estimate of drug-likeness (QED) is 0.0412. The van der Waals surface area contributed by atoms with Gasteiger partial charge in [-0.2, -0.15) is 0 Å². The van der Waals surface area contributed by atoms with Crippen LogP contribution in [0.25, 0.3) is 0 Å². The molecule has 2 rings (SSSR count). The summed E-state index contributed by atoms with van der Waals surface area (Å²) in [6, 6.07) is 0. The van der Waals surface area contributed by atoms with Crippen LogP contribution in [0.4, 0.5) is 0 Å². The van der Waals surface area contributed by atoms with Gasteiger partial charge in [0.2, 0.25) is 8.77 Å². The average molecular weight is 629 g/mol. The Morgan fingerprint density at radius 3 is 1.90 bits per heavy atom. The molecule has 0 aliphatic carbocycles. The fourth-order valence-electron chi connectivity index (χ4n) is 4.28. The predicted octanol–water partition coefficient (Wildman–Crippen LogP) is 7.89. The van der Waals surface area contributed by atoms with Crippen molar-refractivity contribution in [1.29, 1.82) is 0 Å². The van der Waals surface area contributed by atoms with Crippen molar-refractivity contribution in [2.24, 2.45) is 5.92 Å². The molecule has 0 aromatic heterocycles. The molecule has 3 unspecified atom stereocenters. The van der Waals surface area contributed by atoms with Gasteiger partial charge in [0, 0.05) is 23.7 Å². The molecule has 6 nitrogen and oxygen atoms in total. The fraction of sp³-hybridized carbons (Fsp3) is 0.667. The highest BCUT2D eigenvalue weighted by Gasteiger charge is 2.23. The molecular formula is C30H44O6S4. The number of esters is 2. The molecule has 0 bridgehead atoms. The third kappa shape index (κ3) is 17.5. The predicted molar refractivity (Wildman–Crippen MR) is 174 cm³/mol. The number of allylic oxidation sites excluding steroid dienone is 4. The molecule has 0 N–H and O–H groups in total. The number of hydrogen-bond donors (Lipinski definition) is 0. The number of thiocarbonyl (C=S) groups is 2. The van der Waals surface area contributed by atoms with Gasteiger partial charge in [0.15, 0.2) is 0 Å². The smallest absolute Gasteiger partial charge is 0.330 e. The lowest BCUT2D eigenvalue weighted by Gasteiger charge is -2.15. The molecule has 2 aliphatic rings. The van der Waals surface area contributed by atoms with Gasteiger partial charge in [-0.3, -0.25) is 0 Å². The van der Waals surface area contributed by atoms with Crippen LogP contribution in [-0.2, 0) is 28.5 Å². The molecule has 0 aromatic rings. The molecule has 0 amide bonds. The Morgan fingerprint density at radius 1 is 0.775 bits per heavy atom. The number of carbonyl (C=O) groups is 2. The Balaban J connectivity index is 1.55. The lowest BCUT2D eigenvalue weighted by atomic mass is 9.91. The molecule has 0 saturated carbocycles. The molecule has 0 spiro atoms. The summed E-state index contributed by atoms with van der Waals surface area (Å²) in [5, 5.41) is 0. The van der Waals surface area contributed by atoms with Gasteiger partial charge >= 0.3 is 11.9 Å². The van der Waals surface area contributed by atoms with Crippen molar-refractivity contribution in [2.75, 3.05) is 24.7 Å². The van der Waals surface area contributed by atoms with Gasteiger partial charge in [-0.25, -0.2) is 9.59 Å². The van der Waals surface area contributed by atoms with Crippen molar-refractivity contribution < 1.29 is 28.5 Å². The molecule has 0 aromatic carbocycles. The second-order valence-corrected chi connectivity index (χ2v) is 13.2. The van der Waals surface area contributed by atoms with E-state index in [1.807, 2.05) is 12.2 Å². The Hall–Kier alpha value is -1.36. The Bertz CT molecular complexity index is 872. The Labute approximate surface area is 259 Å². The molecular weight excluding hydrogens is 585 g/mol. The largest absolute Gasteiger partial charge is 0.471 e. The summed E-state index contributed by atoms with van der Waals surface area (Å²) in [7, 11) is 0. The summed E-state index contributed by atoms with van der Waals surface area (Å²) in [4.78, 5) is 23.8. The number of ether oxygens (including phenoxy) is 4. The van der Waals surface area contributed by atoms with Crippen LogP contribution < -0.4 is 0 Å². The molecule has 2 fully saturated rings. The van der Waals surface area contributed by atoms with E-state index in [2.05, 4.69) is 19.1 Å². The van der Waals surface area contributed by atoms with Crippen LogP contribution in [0, 0.1) is 5.92 Å². The summed E-state index contributed by atoms with van der Waals surface area (Å²) in [5.41, 5.74) is 0. The van der Waals surface area contributed by atoms with E-state index in [4.69, 9.17) is 43.4 Å². The summed E-state index contributed by atoms with van der Waals surface area (Å²) in [6.45, 7) is 2.73. The first-order valence-corrected chi connectivity index (χ1v) is 17.2. The Morgan fingerprint density at radius 2 is 1.32 bits per heavy atom. The first-order chi connectivity index (χ1) is 19.5. The minimum atomic E-state index is -0.338. The maximum absolute atomic E-state index is 12.0. The van der Waals surface area contributed by atoms with Gasteiger partial charge in [0.1, 0.15) is 25.4 Å². The molecule has 3 atom stereocenters. The highest BCUT2D eigenvalue weighted by molar-refractivity contribution is 8.23. The average Bonchev–Trinajstić information content (AvgIpc) is 3.56. The van der Waals surface area contributed by atoms with E-state index < -0.39 is 0 Å². The fourth-order valence-corrected chi connectivity index (χ4v) is 6.34. The van der Waals surface area contributed by atoms with Gasteiger partial charge in [-0.15, -0.1) is 0 Å². The van der Waals surface area contributed by atoms with E-state index >= 15 is 0 Å². The van der Waals surface area contributed by atoms with E-state index in [1.54, 1.807) is 6.08 Å². The number of hydrogen-bond acceptors (Lipinski definition) is 10. The third-order valence-corrected chi connectivity index (χ3v) is 9.13. The SMILES string of the molecule is CCCCCCC(CC/C=C/C(=O)OCC1CSC(=S)O1)CCC/C=C/CC/C=C/C(=O)OCC1CSC(=S)O1. The van der Waals surface area contributed by atoms with Crippen molar-refractivity contribution in [2.45, 2.75) is 96.2 Å². The second kappa shape index (κ2) is 22.3. The van der Waals surface area contributed by atoms with Crippen molar-refractivity contribution >= 4 is 68.7 Å². The van der Waals surface area contributed by atoms with Crippen LogP contribution in [0.3, 0.4) is 0 Å². The van der Waals surface area contributed by atoms with E-state index in [1.165, 1.54) is 68.1 Å². The molecule has 2 saturated heterocycles. The highest BCUT2D eigenvalue weighted by atomic mass is 32.2. The van der Waals surface area contributed by atoms with E-state index in [-0.39, 0.29) is 37.4 Å². The highest BCUT2D eigenvalue weighted by Crippen LogP contribution is 2.23. The minimum Gasteiger partial charge on any atom is -0.471 e. The van der Waals surface area contributed by atoms with Crippen molar-refractivity contribution in [3.05, 3.63) is 36.5 Å². The van der Waals surface area contributed by atoms with Crippen LogP contribution in [0.2, 0.25) is 0 Å². The summed E-state index contributed by atoms with van der Waals surface area (Å²) in [6.07, 6.45) is 24.5. The van der Waals surface area contributed by atoms with Crippen LogP contribution in [0.15, 0.2) is 36.5 Å². The third-order valence-electron chi connectivity index (χ3n) is 6.49. The lowest BCUT2D eigenvalue weighted by molar-refractivity contribution is -0.140. The number of unbranched alkanes of at least 4 members (excludes halogenated alkanes) is 5. The summed E-state index contributed by atoms with van der Waals surface area (Å²) in [5.74, 6) is 1.50. The zero-order valence-electron chi connectivity index (χ0n) is 23.6. The molecule has 40 heavy (non-hydrogen) atoms. The number of thioether (sulfide) groups is 2. The van der Waals surface area contributed by atoms with Crippen LogP contribution in [0.5, 0.6) is 0 Å². The lowest BCUT2D eigenvalue weighted by Crippen LogP contribution is -2.19. The minimum absolute atomic E-state index is 0.126. The monoisotopic (exact) mass is 628 g/mol. The van der Waals surface area contributed by atoms with Gasteiger partial charge in [-0.1, -0.05) is 93.3 Å². The van der Waals surface area contributed by atoms with Crippen LogP contribution in [-0.4, -0.2) is 57.6 Å². The normalized spacial score (nSPS) is 19.9. The molecule has 224 valence electrons. The van der Waals surface area contributed by atoms with Gasteiger partial charge in [-0.05, 0) is 68.9 Å². The summed E-state index contributed by atoms with van der Waals surface area (Å²) < 4.78 is 22.3. The van der Waals surface area contributed by atoms with Gasteiger partial charge < -0.3 is 18.9 Å². The van der Waals surface area contributed by atoms with E-state index in [0.717, 1.165) is 50.0 Å².